The Hall–Kier alpha value is -3.00. The summed E-state index contributed by atoms with van der Waals surface area (Å²) in [4.78, 5) is 12.5. The number of ether oxygens (including phenoxy) is 2. The van der Waals surface area contributed by atoms with Crippen LogP contribution in [-0.4, -0.2) is 36.1 Å². The zero-order valence-electron chi connectivity index (χ0n) is 18.5. The summed E-state index contributed by atoms with van der Waals surface area (Å²) in [7, 11) is 3.15. The van der Waals surface area contributed by atoms with Crippen molar-refractivity contribution in [2.45, 2.75) is 43.9 Å². The van der Waals surface area contributed by atoms with Crippen molar-refractivity contribution in [3.8, 4) is 23.0 Å². The predicted molar refractivity (Wildman–Crippen MR) is 123 cm³/mol. The van der Waals surface area contributed by atoms with Gasteiger partial charge in [-0.05, 0) is 67.5 Å². The van der Waals surface area contributed by atoms with E-state index in [9.17, 15) is 4.79 Å². The van der Waals surface area contributed by atoms with E-state index in [0.29, 0.717) is 28.2 Å². The van der Waals surface area contributed by atoms with Crippen LogP contribution in [0.1, 0.15) is 42.5 Å². The van der Waals surface area contributed by atoms with Gasteiger partial charge in [0, 0.05) is 5.56 Å². The second kappa shape index (κ2) is 10.1. The summed E-state index contributed by atoms with van der Waals surface area (Å²) in [6.07, 6.45) is 4.78. The molecule has 2 aromatic carbocycles. The Morgan fingerprint density at radius 3 is 2.62 bits per heavy atom. The Morgan fingerprint density at radius 1 is 1.06 bits per heavy atom. The minimum Gasteiger partial charge on any atom is -0.493 e. The zero-order chi connectivity index (χ0) is 22.5. The molecule has 1 aliphatic carbocycles. The number of carbonyl (C=O) groups is 1. The lowest BCUT2D eigenvalue weighted by molar-refractivity contribution is -0.119. The van der Waals surface area contributed by atoms with Gasteiger partial charge in [-0.3, -0.25) is 4.79 Å². The van der Waals surface area contributed by atoms with E-state index in [2.05, 4.69) is 33.7 Å². The van der Waals surface area contributed by atoms with Crippen LogP contribution in [0, 0.1) is 0 Å². The molecule has 0 saturated carbocycles. The first-order valence-corrected chi connectivity index (χ1v) is 11.7. The molecule has 1 N–H and O–H groups in total. The van der Waals surface area contributed by atoms with Gasteiger partial charge in [0.2, 0.25) is 11.8 Å². The Balaban J connectivity index is 1.33. The minimum absolute atomic E-state index is 0.0552. The first kappa shape index (κ1) is 22.2. The smallest absolute Gasteiger partial charge is 0.277 e. The Kier molecular flexibility index (Phi) is 6.99. The van der Waals surface area contributed by atoms with Crippen LogP contribution in [0.3, 0.4) is 0 Å². The van der Waals surface area contributed by atoms with E-state index in [4.69, 9.17) is 13.9 Å². The lowest BCUT2D eigenvalue weighted by Crippen LogP contribution is -2.28. The predicted octanol–water partition coefficient (Wildman–Crippen LogP) is 4.60. The summed E-state index contributed by atoms with van der Waals surface area (Å²) >= 11 is 1.21. The Bertz CT molecular complexity index is 1100. The van der Waals surface area contributed by atoms with Crippen LogP contribution in [0.15, 0.2) is 46.0 Å². The van der Waals surface area contributed by atoms with Crippen molar-refractivity contribution in [2.75, 3.05) is 20.0 Å². The summed E-state index contributed by atoms with van der Waals surface area (Å²) in [5.74, 6) is 1.67. The van der Waals surface area contributed by atoms with Crippen molar-refractivity contribution < 1.29 is 18.7 Å². The van der Waals surface area contributed by atoms with Crippen molar-refractivity contribution in [3.05, 3.63) is 53.1 Å². The molecule has 3 aromatic rings. The van der Waals surface area contributed by atoms with Gasteiger partial charge in [-0.25, -0.2) is 0 Å². The van der Waals surface area contributed by atoms with E-state index in [1.807, 2.05) is 13.0 Å². The maximum Gasteiger partial charge on any atom is 0.277 e. The second-order valence-electron chi connectivity index (χ2n) is 7.76. The number of aromatic nitrogens is 2. The molecule has 0 fully saturated rings. The third-order valence-corrected chi connectivity index (χ3v) is 6.43. The van der Waals surface area contributed by atoms with Crippen molar-refractivity contribution in [3.63, 3.8) is 0 Å². The molecule has 1 amide bonds. The SMILES string of the molecule is COc1ccc(-c2nnc(SCC(=O)N[C@@H](C)c3ccc4c(c3)CCCC4)o2)cc1OC. The number of nitrogens with one attached hydrogen (secondary N) is 1. The summed E-state index contributed by atoms with van der Waals surface area (Å²) in [6.45, 7) is 2.01. The molecule has 0 unspecified atom stereocenters. The number of hydrogen-bond donors (Lipinski definition) is 1. The fourth-order valence-corrected chi connectivity index (χ4v) is 4.44. The third-order valence-electron chi connectivity index (χ3n) is 5.61. The number of rotatable bonds is 8. The number of hydrogen-bond acceptors (Lipinski definition) is 7. The highest BCUT2D eigenvalue weighted by Gasteiger charge is 2.16. The monoisotopic (exact) mass is 453 g/mol. The van der Waals surface area contributed by atoms with Gasteiger partial charge in [-0.15, -0.1) is 10.2 Å². The number of carbonyl (C=O) groups excluding carboxylic acids is 1. The Morgan fingerprint density at radius 2 is 1.84 bits per heavy atom. The van der Waals surface area contributed by atoms with Gasteiger partial charge in [0.25, 0.3) is 5.22 Å². The van der Waals surface area contributed by atoms with Crippen LogP contribution < -0.4 is 14.8 Å². The average Bonchev–Trinajstić information content (AvgIpc) is 3.31. The molecule has 1 aliphatic rings. The molecular formula is C24H27N3O4S. The van der Waals surface area contributed by atoms with Crippen molar-refractivity contribution in [2.24, 2.45) is 0 Å². The standard InChI is InChI=1S/C24H27N3O4S/c1-15(17-9-8-16-6-4-5-7-18(16)12-17)25-22(28)14-32-24-27-26-23(31-24)19-10-11-20(29-2)21(13-19)30-3/h8-13,15H,4-7,14H2,1-3H3,(H,25,28)/t15-/m0/s1. The van der Waals surface area contributed by atoms with E-state index in [0.717, 1.165) is 18.4 Å². The molecule has 32 heavy (non-hydrogen) atoms. The third kappa shape index (κ3) is 5.07. The molecule has 168 valence electrons. The van der Waals surface area contributed by atoms with Gasteiger partial charge in [0.15, 0.2) is 11.5 Å². The van der Waals surface area contributed by atoms with Gasteiger partial charge in [0.1, 0.15) is 0 Å². The molecule has 0 saturated heterocycles. The quantitative estimate of drug-likeness (QED) is 0.499. The molecule has 1 atom stereocenters. The molecule has 0 aliphatic heterocycles. The number of methoxy groups -OCH3 is 2. The second-order valence-corrected chi connectivity index (χ2v) is 8.68. The van der Waals surface area contributed by atoms with Crippen molar-refractivity contribution in [1.29, 1.82) is 0 Å². The molecular weight excluding hydrogens is 426 g/mol. The van der Waals surface area contributed by atoms with E-state index >= 15 is 0 Å². The highest BCUT2D eigenvalue weighted by atomic mass is 32.2. The summed E-state index contributed by atoms with van der Waals surface area (Å²) in [5, 5.41) is 11.5. The fraction of sp³-hybridized carbons (Fsp3) is 0.375. The van der Waals surface area contributed by atoms with Crippen LogP contribution in [0.2, 0.25) is 0 Å². The topological polar surface area (TPSA) is 86.5 Å². The van der Waals surface area contributed by atoms with Crippen LogP contribution in [0.25, 0.3) is 11.5 Å². The first-order chi connectivity index (χ1) is 15.6. The van der Waals surface area contributed by atoms with E-state index in [1.54, 1.807) is 26.4 Å². The summed E-state index contributed by atoms with van der Waals surface area (Å²) < 4.78 is 16.3. The van der Waals surface area contributed by atoms with E-state index in [1.165, 1.54) is 35.7 Å². The first-order valence-electron chi connectivity index (χ1n) is 10.7. The highest BCUT2D eigenvalue weighted by Crippen LogP contribution is 2.32. The number of fused-ring (bicyclic) bond motifs is 1. The van der Waals surface area contributed by atoms with Gasteiger partial charge in [-0.2, -0.15) is 0 Å². The van der Waals surface area contributed by atoms with Gasteiger partial charge in [0.05, 0.1) is 26.0 Å². The van der Waals surface area contributed by atoms with E-state index < -0.39 is 0 Å². The van der Waals surface area contributed by atoms with Crippen LogP contribution in [0.5, 0.6) is 11.5 Å². The maximum absolute atomic E-state index is 12.5. The minimum atomic E-state index is -0.0777. The Labute approximate surface area is 191 Å². The molecule has 4 rings (SSSR count). The average molecular weight is 454 g/mol. The lowest BCUT2D eigenvalue weighted by atomic mass is 9.89. The molecule has 0 spiro atoms. The molecule has 0 bridgehead atoms. The fourth-order valence-electron chi connectivity index (χ4n) is 3.87. The number of nitrogens with zero attached hydrogens (tertiary/aromatic N) is 2. The largest absolute Gasteiger partial charge is 0.493 e. The van der Waals surface area contributed by atoms with Gasteiger partial charge in [-0.1, -0.05) is 30.0 Å². The number of thioether (sulfide) groups is 1. The summed E-state index contributed by atoms with van der Waals surface area (Å²) in [5.41, 5.74) is 4.71. The van der Waals surface area contributed by atoms with Crippen LogP contribution in [-0.2, 0) is 17.6 Å². The number of aryl methyl sites for hydroxylation is 2. The zero-order valence-corrected chi connectivity index (χ0v) is 19.3. The van der Waals surface area contributed by atoms with Gasteiger partial charge >= 0.3 is 0 Å². The summed E-state index contributed by atoms with van der Waals surface area (Å²) in [6, 6.07) is 11.9. The number of benzene rings is 2. The number of amides is 1. The van der Waals surface area contributed by atoms with Crippen molar-refractivity contribution in [1.82, 2.24) is 15.5 Å². The van der Waals surface area contributed by atoms with Crippen LogP contribution >= 0.6 is 11.8 Å². The highest BCUT2D eigenvalue weighted by molar-refractivity contribution is 7.99. The molecule has 8 heteroatoms. The normalized spacial score (nSPS) is 13.8. The molecule has 1 heterocycles. The van der Waals surface area contributed by atoms with Crippen molar-refractivity contribution >= 4 is 17.7 Å². The van der Waals surface area contributed by atoms with E-state index in [-0.39, 0.29) is 17.7 Å². The molecule has 7 nitrogen and oxygen atoms in total. The molecule has 1 aromatic heterocycles. The lowest BCUT2D eigenvalue weighted by Gasteiger charge is -2.20. The molecule has 0 radical (unpaired) electrons. The van der Waals surface area contributed by atoms with Crippen LogP contribution in [0.4, 0.5) is 0 Å². The van der Waals surface area contributed by atoms with Gasteiger partial charge < -0.3 is 19.2 Å². The maximum atomic E-state index is 12.5.